The van der Waals surface area contributed by atoms with Gasteiger partial charge in [-0.15, -0.1) is 0 Å². The molecule has 5 heteroatoms. The number of allylic oxidation sites excluding steroid dienone is 4. The zero-order valence-corrected chi connectivity index (χ0v) is 14.7. The number of rotatable bonds is 4. The molecule has 1 heterocycles. The van der Waals surface area contributed by atoms with Crippen LogP contribution in [-0.4, -0.2) is 11.3 Å². The maximum absolute atomic E-state index is 11.1. The molecule has 1 aromatic rings. The smallest absolute Gasteiger partial charge is 0.280 e. The summed E-state index contributed by atoms with van der Waals surface area (Å²) in [6.45, 7) is 0. The van der Waals surface area contributed by atoms with Gasteiger partial charge in [-0.25, -0.2) is 0 Å². The molecule has 2 fully saturated rings. The van der Waals surface area contributed by atoms with Crippen LogP contribution in [0.4, 0.5) is 0 Å². The second kappa shape index (κ2) is 7.64. The molecule has 0 aromatic carbocycles. The number of aromatic nitrogens is 1. The van der Waals surface area contributed by atoms with E-state index in [1.54, 1.807) is 0 Å². The third-order valence-corrected chi connectivity index (χ3v) is 5.72. The van der Waals surface area contributed by atoms with Crippen molar-refractivity contribution in [1.82, 2.24) is 5.16 Å². The number of hydrogen-bond donors (Lipinski definition) is 1. The van der Waals surface area contributed by atoms with E-state index in [0.29, 0.717) is 11.9 Å². The van der Waals surface area contributed by atoms with Gasteiger partial charge >= 0.3 is 0 Å². The summed E-state index contributed by atoms with van der Waals surface area (Å²) in [6, 6.07) is 1.51. The van der Waals surface area contributed by atoms with E-state index in [-0.39, 0.29) is 18.0 Å². The van der Waals surface area contributed by atoms with E-state index in [2.05, 4.69) is 5.16 Å². The Morgan fingerprint density at radius 3 is 2.46 bits per heavy atom. The Kier molecular flexibility index (Phi) is 5.54. The normalized spacial score (nSPS) is 27.5. The van der Waals surface area contributed by atoms with Gasteiger partial charge < -0.3 is 21.7 Å². The van der Waals surface area contributed by atoms with Crippen LogP contribution < -0.4 is 18.0 Å². The zero-order valence-electron chi connectivity index (χ0n) is 13.9. The molecule has 0 saturated heterocycles. The molecular weight excluding hydrogens is 326 g/mol. The Morgan fingerprint density at radius 1 is 1.04 bits per heavy atom. The lowest BCUT2D eigenvalue weighted by molar-refractivity contribution is -0.0214. The molecule has 2 saturated carbocycles. The topological polar surface area (TPSA) is 55.2 Å². The van der Waals surface area contributed by atoms with Gasteiger partial charge in [0.15, 0.2) is 5.76 Å². The maximum atomic E-state index is 11.1. The van der Waals surface area contributed by atoms with Crippen LogP contribution in [0.15, 0.2) is 33.3 Å². The van der Waals surface area contributed by atoms with Gasteiger partial charge in [-0.1, -0.05) is 38.2 Å². The average Bonchev–Trinajstić information content (AvgIpc) is 2.98. The predicted molar refractivity (Wildman–Crippen MR) is 88.8 cm³/mol. The lowest BCUT2D eigenvalue weighted by atomic mass is 9.68. The fraction of sp³-hybridized carbons (Fsp3) is 0.632. The Labute approximate surface area is 148 Å². The minimum atomic E-state index is -0.185. The number of aromatic amines is 1. The lowest BCUT2D eigenvalue weighted by Gasteiger charge is -2.42. The van der Waals surface area contributed by atoms with Crippen LogP contribution in [0.2, 0.25) is 0 Å². The van der Waals surface area contributed by atoms with Crippen molar-refractivity contribution in [2.75, 3.05) is 0 Å². The SMILES string of the molecule is O=c1cc(C2=CC=C(OC3CC(C4CCCCC4)C3)CC2)o[nH]1.[Cl-]. The van der Waals surface area contributed by atoms with E-state index < -0.39 is 0 Å². The summed E-state index contributed by atoms with van der Waals surface area (Å²) in [5.41, 5.74) is 0.875. The quantitative estimate of drug-likeness (QED) is 0.893. The summed E-state index contributed by atoms with van der Waals surface area (Å²) in [4.78, 5) is 11.1. The minimum Gasteiger partial charge on any atom is -1.00 e. The predicted octanol–water partition coefficient (Wildman–Crippen LogP) is 1.41. The van der Waals surface area contributed by atoms with Gasteiger partial charge in [0.05, 0.1) is 17.9 Å². The van der Waals surface area contributed by atoms with Crippen LogP contribution >= 0.6 is 0 Å². The molecule has 3 aliphatic carbocycles. The highest BCUT2D eigenvalue weighted by Gasteiger charge is 2.37. The van der Waals surface area contributed by atoms with Crippen LogP contribution in [0.5, 0.6) is 0 Å². The molecular formula is C19H25ClNO3-. The van der Waals surface area contributed by atoms with Gasteiger partial charge in [0.25, 0.3) is 5.56 Å². The monoisotopic (exact) mass is 350 g/mol. The lowest BCUT2D eigenvalue weighted by Crippen LogP contribution is -3.00. The van der Waals surface area contributed by atoms with Crippen molar-refractivity contribution in [2.24, 2.45) is 11.8 Å². The van der Waals surface area contributed by atoms with Crippen molar-refractivity contribution >= 4 is 5.57 Å². The molecule has 24 heavy (non-hydrogen) atoms. The molecule has 0 unspecified atom stereocenters. The van der Waals surface area contributed by atoms with E-state index in [1.807, 2.05) is 12.2 Å². The Morgan fingerprint density at radius 2 is 1.83 bits per heavy atom. The van der Waals surface area contributed by atoms with Gasteiger partial charge in [0.2, 0.25) is 0 Å². The van der Waals surface area contributed by atoms with Gasteiger partial charge in [-0.05, 0) is 42.7 Å². The van der Waals surface area contributed by atoms with E-state index >= 15 is 0 Å². The highest BCUT2D eigenvalue weighted by molar-refractivity contribution is 5.64. The van der Waals surface area contributed by atoms with Gasteiger partial charge in [-0.2, -0.15) is 5.16 Å². The number of hydrogen-bond acceptors (Lipinski definition) is 3. The molecule has 0 spiro atoms. The molecule has 1 N–H and O–H groups in total. The van der Waals surface area contributed by atoms with E-state index in [0.717, 1.165) is 36.0 Å². The molecule has 132 valence electrons. The molecule has 4 nitrogen and oxygen atoms in total. The number of nitrogens with one attached hydrogen (secondary N) is 1. The van der Waals surface area contributed by atoms with Gasteiger partial charge in [0, 0.05) is 6.42 Å². The summed E-state index contributed by atoms with van der Waals surface area (Å²) in [6.07, 6.45) is 15.9. The van der Waals surface area contributed by atoms with Crippen molar-refractivity contribution in [3.63, 3.8) is 0 Å². The fourth-order valence-corrected chi connectivity index (χ4v) is 4.27. The van der Waals surface area contributed by atoms with Crippen LogP contribution in [0.3, 0.4) is 0 Å². The van der Waals surface area contributed by atoms with Gasteiger partial charge in [-0.3, -0.25) is 4.79 Å². The second-order valence-electron chi connectivity index (χ2n) is 7.27. The highest BCUT2D eigenvalue weighted by Crippen LogP contribution is 2.43. The van der Waals surface area contributed by atoms with Crippen LogP contribution in [-0.2, 0) is 4.74 Å². The summed E-state index contributed by atoms with van der Waals surface area (Å²) in [5, 5.41) is 2.34. The number of ether oxygens (including phenoxy) is 1. The Bertz CT molecular complexity index is 660. The van der Waals surface area contributed by atoms with Crippen LogP contribution in [0, 0.1) is 11.8 Å². The third-order valence-electron chi connectivity index (χ3n) is 5.72. The average molecular weight is 351 g/mol. The van der Waals surface area contributed by atoms with Crippen molar-refractivity contribution in [2.45, 2.75) is 63.9 Å². The van der Waals surface area contributed by atoms with Crippen LogP contribution in [0.25, 0.3) is 5.57 Å². The summed E-state index contributed by atoms with van der Waals surface area (Å²) < 4.78 is 11.3. The van der Waals surface area contributed by atoms with Crippen molar-refractivity contribution in [1.29, 1.82) is 0 Å². The summed E-state index contributed by atoms with van der Waals surface area (Å²) >= 11 is 0. The first-order chi connectivity index (χ1) is 11.3. The maximum Gasteiger partial charge on any atom is 0.280 e. The first-order valence-electron chi connectivity index (χ1n) is 9.03. The van der Waals surface area contributed by atoms with Crippen molar-refractivity contribution < 1.29 is 21.7 Å². The first-order valence-corrected chi connectivity index (χ1v) is 9.03. The van der Waals surface area contributed by atoms with Gasteiger partial charge in [0.1, 0.15) is 0 Å². The van der Waals surface area contributed by atoms with Crippen molar-refractivity contribution in [3.05, 3.63) is 40.1 Å². The molecule has 1 aromatic heterocycles. The third kappa shape index (κ3) is 3.80. The Hall–Kier alpha value is -1.42. The number of halogens is 1. The standard InChI is InChI=1S/C19H25NO3.ClH/c21-19-12-18(23-20-19)14-6-8-16(9-7-14)22-17-10-15(11-17)13-4-2-1-3-5-13;/h6,8,12-13,15,17H,1-5,7,9-11H2,(H,20,21);1H/p-1. The molecule has 0 atom stereocenters. The summed E-state index contributed by atoms with van der Waals surface area (Å²) in [5.74, 6) is 3.60. The summed E-state index contributed by atoms with van der Waals surface area (Å²) in [7, 11) is 0. The van der Waals surface area contributed by atoms with E-state index in [1.165, 1.54) is 51.0 Å². The van der Waals surface area contributed by atoms with Crippen LogP contribution in [0.1, 0.15) is 63.5 Å². The molecule has 0 bridgehead atoms. The largest absolute Gasteiger partial charge is 1.00 e. The molecule has 0 radical (unpaired) electrons. The van der Waals surface area contributed by atoms with E-state index in [4.69, 9.17) is 9.26 Å². The fourth-order valence-electron chi connectivity index (χ4n) is 4.27. The second-order valence-corrected chi connectivity index (χ2v) is 7.27. The van der Waals surface area contributed by atoms with E-state index in [9.17, 15) is 4.79 Å². The zero-order chi connectivity index (χ0) is 15.6. The molecule has 0 amide bonds. The molecule has 0 aliphatic heterocycles. The van der Waals surface area contributed by atoms with Crippen molar-refractivity contribution in [3.8, 4) is 0 Å². The first kappa shape index (κ1) is 17.4. The Balaban J connectivity index is 0.00000169. The highest BCUT2D eigenvalue weighted by atomic mass is 35.5. The minimum absolute atomic E-state index is 0. The molecule has 3 aliphatic rings. The molecule has 4 rings (SSSR count). The number of H-pyrrole nitrogens is 1.